The number of halogens is 1. The molecule has 2 aromatic carbocycles. The van der Waals surface area contributed by atoms with E-state index in [9.17, 15) is 9.59 Å². The molecule has 0 fully saturated rings. The molecule has 0 spiro atoms. The van der Waals surface area contributed by atoms with Crippen LogP contribution in [0.5, 0.6) is 0 Å². The largest absolute Gasteiger partial charge is 0.452 e. The Kier molecular flexibility index (Phi) is 5.34. The van der Waals surface area contributed by atoms with E-state index in [1.165, 1.54) is 18.7 Å². The minimum absolute atomic E-state index is 0.199. The molecule has 1 atom stereocenters. The van der Waals surface area contributed by atoms with E-state index in [0.29, 0.717) is 38.6 Å². The van der Waals surface area contributed by atoms with Crippen LogP contribution in [0.3, 0.4) is 0 Å². The van der Waals surface area contributed by atoms with E-state index in [0.717, 1.165) is 11.1 Å². The summed E-state index contributed by atoms with van der Waals surface area (Å²) in [5.41, 5.74) is 3.19. The van der Waals surface area contributed by atoms with Gasteiger partial charge in [-0.1, -0.05) is 41.6 Å². The lowest BCUT2D eigenvalue weighted by atomic mass is 10.0. The number of hydrogen-bond acceptors (Lipinski definition) is 5. The normalized spacial score (nSPS) is 14.7. The molecule has 166 valence electrons. The van der Waals surface area contributed by atoms with Crippen LogP contribution in [0.1, 0.15) is 24.4 Å². The number of H-pyrrole nitrogens is 1. The van der Waals surface area contributed by atoms with Crippen molar-refractivity contribution in [1.82, 2.24) is 10.1 Å². The van der Waals surface area contributed by atoms with Gasteiger partial charge in [0, 0.05) is 22.6 Å². The summed E-state index contributed by atoms with van der Waals surface area (Å²) in [6, 6.07) is 16.5. The number of aromatic nitrogens is 3. The minimum Gasteiger partial charge on any atom is -0.452 e. The molecule has 1 amide bonds. The van der Waals surface area contributed by atoms with E-state index < -0.39 is 6.17 Å². The van der Waals surface area contributed by atoms with Crippen molar-refractivity contribution in [3.63, 3.8) is 0 Å². The number of rotatable bonds is 3. The Morgan fingerprint density at radius 2 is 1.97 bits per heavy atom. The highest BCUT2D eigenvalue weighted by Gasteiger charge is 2.46. The molecule has 1 N–H and O–H groups in total. The van der Waals surface area contributed by atoms with E-state index in [1.54, 1.807) is 9.58 Å². The standard InChI is InChI=1S/C24H19ClN4O3S/c1-13-8-9-15(25)12-17(13)19-10-11-20(32-19)23-28(14(2)30)18-7-5-4-6-16(18)21-22(31)26-24(33-3)27-29(21)23/h4-12,23H,1-3H3/p+1/t23-/m1/s1. The lowest BCUT2D eigenvalue weighted by Gasteiger charge is -2.29. The summed E-state index contributed by atoms with van der Waals surface area (Å²) in [6.45, 7) is 3.46. The van der Waals surface area contributed by atoms with Crippen LogP contribution in [0.15, 0.2) is 69.0 Å². The molecule has 0 radical (unpaired) electrons. The van der Waals surface area contributed by atoms with Gasteiger partial charge in [0.15, 0.2) is 5.76 Å². The first kappa shape index (κ1) is 21.5. The van der Waals surface area contributed by atoms with Gasteiger partial charge in [0.2, 0.25) is 11.1 Å². The number of para-hydroxylation sites is 1. The van der Waals surface area contributed by atoms with Crippen molar-refractivity contribution < 1.29 is 13.9 Å². The average molecular weight is 480 g/mol. The lowest BCUT2D eigenvalue weighted by molar-refractivity contribution is -0.764. The number of anilines is 1. The smallest absolute Gasteiger partial charge is 0.325 e. The average Bonchev–Trinajstić information content (AvgIpc) is 3.28. The van der Waals surface area contributed by atoms with Gasteiger partial charge in [-0.15, -0.1) is 0 Å². The maximum Gasteiger partial charge on any atom is 0.325 e. The third kappa shape index (κ3) is 3.55. The number of hydrogen-bond donors (Lipinski definition) is 1. The summed E-state index contributed by atoms with van der Waals surface area (Å²) in [6.07, 6.45) is 1.06. The summed E-state index contributed by atoms with van der Waals surface area (Å²) in [5.74, 6) is 0.894. The van der Waals surface area contributed by atoms with Crippen LogP contribution in [-0.2, 0) is 4.79 Å². The molecular formula is C24H20ClN4O3S+. The van der Waals surface area contributed by atoms with Crippen LogP contribution >= 0.6 is 23.4 Å². The zero-order chi connectivity index (χ0) is 23.3. The summed E-state index contributed by atoms with van der Waals surface area (Å²) in [4.78, 5) is 30.4. The second kappa shape index (κ2) is 8.20. The van der Waals surface area contributed by atoms with E-state index in [2.05, 4.69) is 10.1 Å². The van der Waals surface area contributed by atoms with E-state index in [4.69, 9.17) is 16.0 Å². The molecule has 3 heterocycles. The summed E-state index contributed by atoms with van der Waals surface area (Å²) < 4.78 is 7.85. The number of furan rings is 1. The lowest BCUT2D eigenvalue weighted by Crippen LogP contribution is -2.60. The monoisotopic (exact) mass is 479 g/mol. The van der Waals surface area contributed by atoms with Gasteiger partial charge in [-0.25, -0.2) is 4.90 Å². The fourth-order valence-corrected chi connectivity index (χ4v) is 4.69. The first-order valence-electron chi connectivity index (χ1n) is 10.2. The first-order valence-corrected chi connectivity index (χ1v) is 11.8. The number of aryl methyl sites for hydroxylation is 1. The van der Waals surface area contributed by atoms with Gasteiger partial charge in [-0.05, 0) is 59.8 Å². The van der Waals surface area contributed by atoms with Crippen LogP contribution in [-0.4, -0.2) is 22.2 Å². The zero-order valence-corrected chi connectivity index (χ0v) is 19.7. The topological polar surface area (TPSA) is 83.1 Å². The zero-order valence-electron chi connectivity index (χ0n) is 18.1. The Morgan fingerprint density at radius 1 is 1.18 bits per heavy atom. The highest BCUT2D eigenvalue weighted by atomic mass is 35.5. The molecule has 9 heteroatoms. The number of thioether (sulfide) groups is 1. The highest BCUT2D eigenvalue weighted by molar-refractivity contribution is 7.98. The molecule has 33 heavy (non-hydrogen) atoms. The van der Waals surface area contributed by atoms with Crippen molar-refractivity contribution in [2.24, 2.45) is 0 Å². The van der Waals surface area contributed by atoms with Gasteiger partial charge >= 0.3 is 17.4 Å². The Labute approximate surface area is 199 Å². The second-order valence-electron chi connectivity index (χ2n) is 7.70. The quantitative estimate of drug-likeness (QED) is 0.343. The van der Waals surface area contributed by atoms with Crippen molar-refractivity contribution in [3.05, 3.63) is 81.3 Å². The Bertz CT molecular complexity index is 1460. The van der Waals surface area contributed by atoms with Crippen molar-refractivity contribution >= 4 is 35.0 Å². The summed E-state index contributed by atoms with van der Waals surface area (Å²) in [5, 5.41) is 5.68. The third-order valence-electron chi connectivity index (χ3n) is 5.64. The molecule has 1 aliphatic rings. The molecule has 0 saturated heterocycles. The molecule has 0 aliphatic carbocycles. The maximum absolute atomic E-state index is 13.1. The van der Waals surface area contributed by atoms with Gasteiger partial charge in [0.05, 0.1) is 11.3 Å². The molecule has 0 unspecified atom stereocenters. The van der Waals surface area contributed by atoms with Crippen LogP contribution in [0.4, 0.5) is 5.69 Å². The van der Waals surface area contributed by atoms with Crippen molar-refractivity contribution in [2.75, 3.05) is 11.2 Å². The molecule has 4 aromatic rings. The molecule has 5 rings (SSSR count). The van der Waals surface area contributed by atoms with Gasteiger partial charge in [0.1, 0.15) is 5.76 Å². The summed E-state index contributed by atoms with van der Waals surface area (Å²) >= 11 is 7.53. The number of fused-ring (bicyclic) bond motifs is 3. The maximum atomic E-state index is 13.1. The molecule has 1 aliphatic heterocycles. The van der Waals surface area contributed by atoms with Crippen molar-refractivity contribution in [1.29, 1.82) is 0 Å². The van der Waals surface area contributed by atoms with Gasteiger partial charge < -0.3 is 4.42 Å². The molecule has 7 nitrogen and oxygen atoms in total. The predicted molar refractivity (Wildman–Crippen MR) is 127 cm³/mol. The SMILES string of the molecule is CSc1n[n+]2c(c(=O)[nH]1)-c1ccccc1N(C(C)=O)[C@H]2c1ccc(-c2cc(Cl)ccc2C)o1. The van der Waals surface area contributed by atoms with Gasteiger partial charge in [-0.2, -0.15) is 0 Å². The Morgan fingerprint density at radius 3 is 2.73 bits per heavy atom. The number of benzene rings is 2. The third-order valence-corrected chi connectivity index (χ3v) is 6.44. The highest BCUT2D eigenvalue weighted by Crippen LogP contribution is 2.39. The number of amides is 1. The van der Waals surface area contributed by atoms with Crippen molar-refractivity contribution in [3.8, 4) is 22.6 Å². The molecule has 2 aromatic heterocycles. The Balaban J connectivity index is 1.76. The van der Waals surface area contributed by atoms with E-state index >= 15 is 0 Å². The first-order chi connectivity index (χ1) is 15.9. The second-order valence-corrected chi connectivity index (χ2v) is 8.93. The van der Waals surface area contributed by atoms with Crippen LogP contribution < -0.4 is 15.1 Å². The van der Waals surface area contributed by atoms with E-state index in [1.807, 2.05) is 67.8 Å². The van der Waals surface area contributed by atoms with Crippen LogP contribution in [0.25, 0.3) is 22.6 Å². The van der Waals surface area contributed by atoms with Gasteiger partial charge in [0.25, 0.3) is 0 Å². The minimum atomic E-state index is -0.770. The van der Waals surface area contributed by atoms with E-state index in [-0.39, 0.29) is 11.5 Å². The van der Waals surface area contributed by atoms with Crippen molar-refractivity contribution in [2.45, 2.75) is 25.2 Å². The fraction of sp³-hybridized carbons (Fsp3) is 0.167. The number of aromatic amines is 1. The number of nitrogens with one attached hydrogen (secondary N) is 1. The predicted octanol–water partition coefficient (Wildman–Crippen LogP) is 4.58. The molecular weight excluding hydrogens is 460 g/mol. The molecule has 0 bridgehead atoms. The van der Waals surface area contributed by atoms with Gasteiger partial charge in [-0.3, -0.25) is 14.6 Å². The molecule has 0 saturated carbocycles. The number of nitrogens with zero attached hydrogens (tertiary/aromatic N) is 3. The number of carbonyl (C=O) groups is 1. The Hall–Kier alpha value is -3.36. The fourth-order valence-electron chi connectivity index (χ4n) is 4.16. The number of carbonyl (C=O) groups excluding carboxylic acids is 1. The van der Waals surface area contributed by atoms with Crippen LogP contribution in [0, 0.1) is 6.92 Å². The van der Waals surface area contributed by atoms with Crippen LogP contribution in [0.2, 0.25) is 5.02 Å². The summed E-state index contributed by atoms with van der Waals surface area (Å²) in [7, 11) is 0.